The second-order valence-corrected chi connectivity index (χ2v) is 13.7. The Morgan fingerprint density at radius 2 is 1.68 bits per heavy atom. The summed E-state index contributed by atoms with van der Waals surface area (Å²) in [5.41, 5.74) is 4.68. The molecular weight excluding hydrogens is 548 g/mol. The zero-order valence-electron chi connectivity index (χ0n) is 26.1. The Hall–Kier alpha value is -3.53. The van der Waals surface area contributed by atoms with Crippen LogP contribution in [0.4, 0.5) is 11.6 Å². The molecule has 0 aliphatic carbocycles. The van der Waals surface area contributed by atoms with Gasteiger partial charge in [-0.05, 0) is 94.1 Å². The van der Waals surface area contributed by atoms with Crippen LogP contribution in [0.3, 0.4) is 0 Å². The van der Waals surface area contributed by atoms with Gasteiger partial charge in [0.05, 0.1) is 18.5 Å². The SMILES string of the molecule is CN1CCC2(CC1)CN(c1cc(C3(Nc4cc5cc(-c6cnn(C)c6CN6CCCCC6)ccc5cn4)CCO3)ccn1)C2. The molecule has 44 heavy (non-hydrogen) atoms. The molecule has 1 atom stereocenters. The number of pyridine rings is 2. The van der Waals surface area contributed by atoms with Crippen molar-refractivity contribution in [2.75, 3.05) is 63.1 Å². The molecule has 8 rings (SSSR count). The molecule has 9 heteroatoms. The molecule has 4 saturated heterocycles. The minimum Gasteiger partial charge on any atom is -0.355 e. The van der Waals surface area contributed by atoms with E-state index in [2.05, 4.69) is 75.6 Å². The van der Waals surface area contributed by atoms with E-state index in [1.54, 1.807) is 0 Å². The Morgan fingerprint density at radius 1 is 0.864 bits per heavy atom. The highest BCUT2D eigenvalue weighted by atomic mass is 16.5. The van der Waals surface area contributed by atoms with E-state index in [0.29, 0.717) is 5.41 Å². The summed E-state index contributed by atoms with van der Waals surface area (Å²) >= 11 is 0. The molecule has 4 aliphatic rings. The standard InChI is InChI=1S/C35H44N8O/c1-40-15-9-34(10-16-40)24-43(25-34)33-20-29(8-12-36-33)35(11-17-44-35)39-32-19-28-18-26(6-7-27(28)21-37-32)30-22-38-41(2)31(30)23-42-13-4-3-5-14-42/h6-8,12,18-22H,3-5,9-11,13-17,23-25H2,1-2H3,(H,37,39). The number of aromatic nitrogens is 4. The lowest BCUT2D eigenvalue weighted by atomic mass is 9.72. The van der Waals surface area contributed by atoms with Crippen molar-refractivity contribution in [3.05, 3.63) is 66.2 Å². The number of piperidine rings is 2. The number of rotatable bonds is 7. The largest absolute Gasteiger partial charge is 0.355 e. The predicted octanol–water partition coefficient (Wildman–Crippen LogP) is 5.23. The van der Waals surface area contributed by atoms with E-state index >= 15 is 0 Å². The van der Waals surface area contributed by atoms with E-state index in [0.717, 1.165) is 60.6 Å². The Labute approximate surface area is 260 Å². The Balaban J connectivity index is 1.02. The number of hydrogen-bond acceptors (Lipinski definition) is 8. The van der Waals surface area contributed by atoms with Gasteiger partial charge in [0, 0.05) is 67.4 Å². The first-order chi connectivity index (χ1) is 21.5. The summed E-state index contributed by atoms with van der Waals surface area (Å²) in [5.74, 6) is 1.87. The third-order valence-electron chi connectivity index (χ3n) is 10.7. The van der Waals surface area contributed by atoms with Crippen LogP contribution in [0.5, 0.6) is 0 Å². The summed E-state index contributed by atoms with van der Waals surface area (Å²) in [6.45, 7) is 8.60. The average molecular weight is 593 g/mol. The first kappa shape index (κ1) is 28.0. The summed E-state index contributed by atoms with van der Waals surface area (Å²) in [6.07, 6.45) is 13.3. The molecule has 1 unspecified atom stereocenters. The van der Waals surface area contributed by atoms with Gasteiger partial charge in [0.2, 0.25) is 0 Å². The number of nitrogens with zero attached hydrogens (tertiary/aromatic N) is 7. The number of likely N-dealkylation sites (tertiary alicyclic amines) is 2. The summed E-state index contributed by atoms with van der Waals surface area (Å²) in [4.78, 5) is 17.0. The molecule has 1 aromatic carbocycles. The van der Waals surface area contributed by atoms with Crippen LogP contribution in [-0.4, -0.2) is 82.5 Å². The Kier molecular flexibility index (Phi) is 7.07. The number of nitrogens with one attached hydrogen (secondary N) is 1. The fourth-order valence-electron chi connectivity index (χ4n) is 7.69. The van der Waals surface area contributed by atoms with Gasteiger partial charge in [0.25, 0.3) is 0 Å². The first-order valence-electron chi connectivity index (χ1n) is 16.4. The number of hydrogen-bond donors (Lipinski definition) is 1. The van der Waals surface area contributed by atoms with Crippen LogP contribution >= 0.6 is 0 Å². The van der Waals surface area contributed by atoms with Crippen LogP contribution < -0.4 is 10.2 Å². The highest BCUT2D eigenvalue weighted by molar-refractivity contribution is 5.88. The number of aryl methyl sites for hydroxylation is 1. The fraction of sp³-hybridized carbons (Fsp3) is 0.514. The summed E-state index contributed by atoms with van der Waals surface area (Å²) in [7, 11) is 4.30. The van der Waals surface area contributed by atoms with Gasteiger partial charge < -0.3 is 19.9 Å². The molecule has 4 aromatic rings. The average Bonchev–Trinajstić information content (AvgIpc) is 3.38. The minimum atomic E-state index is -0.586. The topological polar surface area (TPSA) is 74.6 Å². The van der Waals surface area contributed by atoms with E-state index in [4.69, 9.17) is 14.7 Å². The molecule has 4 fully saturated rings. The molecule has 7 heterocycles. The maximum Gasteiger partial charge on any atom is 0.168 e. The van der Waals surface area contributed by atoms with Gasteiger partial charge in [-0.15, -0.1) is 0 Å². The maximum absolute atomic E-state index is 6.29. The molecular formula is C35H44N8O. The number of anilines is 2. The van der Waals surface area contributed by atoms with Gasteiger partial charge >= 0.3 is 0 Å². The van der Waals surface area contributed by atoms with Gasteiger partial charge in [-0.25, -0.2) is 9.97 Å². The predicted molar refractivity (Wildman–Crippen MR) is 175 cm³/mol. The van der Waals surface area contributed by atoms with Crippen molar-refractivity contribution in [1.29, 1.82) is 0 Å². The molecule has 0 amide bonds. The minimum absolute atomic E-state index is 0.463. The van der Waals surface area contributed by atoms with Crippen molar-refractivity contribution in [3.8, 4) is 11.1 Å². The zero-order chi connectivity index (χ0) is 29.7. The van der Waals surface area contributed by atoms with E-state index in [1.807, 2.05) is 23.3 Å². The first-order valence-corrected chi connectivity index (χ1v) is 16.4. The lowest BCUT2D eigenvalue weighted by molar-refractivity contribution is -0.133. The molecule has 1 N–H and O–H groups in total. The fourth-order valence-corrected chi connectivity index (χ4v) is 7.69. The zero-order valence-corrected chi connectivity index (χ0v) is 26.1. The van der Waals surface area contributed by atoms with Gasteiger partial charge in [0.1, 0.15) is 11.6 Å². The normalized spacial score (nSPS) is 23.9. The van der Waals surface area contributed by atoms with E-state index < -0.39 is 5.72 Å². The summed E-state index contributed by atoms with van der Waals surface area (Å²) in [6, 6.07) is 13.1. The molecule has 0 bridgehead atoms. The van der Waals surface area contributed by atoms with E-state index in [9.17, 15) is 0 Å². The van der Waals surface area contributed by atoms with Gasteiger partial charge in [-0.1, -0.05) is 18.6 Å². The van der Waals surface area contributed by atoms with Crippen LogP contribution in [0, 0.1) is 5.41 Å². The van der Waals surface area contributed by atoms with Crippen molar-refractivity contribution in [2.45, 2.75) is 50.8 Å². The van der Waals surface area contributed by atoms with Gasteiger partial charge in [-0.3, -0.25) is 9.58 Å². The van der Waals surface area contributed by atoms with Gasteiger partial charge in [-0.2, -0.15) is 5.10 Å². The van der Waals surface area contributed by atoms with Crippen molar-refractivity contribution >= 4 is 22.4 Å². The van der Waals surface area contributed by atoms with Crippen molar-refractivity contribution in [3.63, 3.8) is 0 Å². The van der Waals surface area contributed by atoms with Crippen molar-refractivity contribution < 1.29 is 4.74 Å². The summed E-state index contributed by atoms with van der Waals surface area (Å²) < 4.78 is 8.34. The number of fused-ring (bicyclic) bond motifs is 1. The van der Waals surface area contributed by atoms with Crippen LogP contribution in [0.15, 0.2) is 55.0 Å². The monoisotopic (exact) mass is 592 g/mol. The third kappa shape index (κ3) is 5.14. The highest BCUT2D eigenvalue weighted by Gasteiger charge is 2.46. The second-order valence-electron chi connectivity index (χ2n) is 13.7. The molecule has 4 aliphatic heterocycles. The van der Waals surface area contributed by atoms with E-state index in [-0.39, 0.29) is 0 Å². The second kappa shape index (κ2) is 11.1. The van der Waals surface area contributed by atoms with Crippen LogP contribution in [0.2, 0.25) is 0 Å². The number of ether oxygens (including phenoxy) is 1. The lowest BCUT2D eigenvalue weighted by Crippen LogP contribution is -2.60. The molecule has 1 spiro atoms. The number of benzene rings is 1. The molecule has 0 radical (unpaired) electrons. The van der Waals surface area contributed by atoms with Crippen molar-refractivity contribution in [2.24, 2.45) is 12.5 Å². The van der Waals surface area contributed by atoms with Crippen molar-refractivity contribution in [1.82, 2.24) is 29.5 Å². The Bertz CT molecular complexity index is 1640. The molecule has 9 nitrogen and oxygen atoms in total. The molecule has 230 valence electrons. The van der Waals surface area contributed by atoms with Crippen LogP contribution in [-0.2, 0) is 24.1 Å². The van der Waals surface area contributed by atoms with Crippen LogP contribution in [0.25, 0.3) is 21.9 Å². The maximum atomic E-state index is 6.29. The quantitative estimate of drug-likeness (QED) is 0.313. The van der Waals surface area contributed by atoms with Crippen LogP contribution in [0.1, 0.15) is 49.8 Å². The third-order valence-corrected chi connectivity index (χ3v) is 10.7. The molecule has 3 aromatic heterocycles. The lowest BCUT2D eigenvalue weighted by Gasteiger charge is -2.54. The smallest absolute Gasteiger partial charge is 0.168 e. The summed E-state index contributed by atoms with van der Waals surface area (Å²) in [5, 5.41) is 10.6. The molecule has 0 saturated carbocycles. The highest BCUT2D eigenvalue weighted by Crippen LogP contribution is 2.44. The van der Waals surface area contributed by atoms with Gasteiger partial charge in [0.15, 0.2) is 5.72 Å². The van der Waals surface area contributed by atoms with E-state index in [1.165, 1.54) is 75.1 Å². The Morgan fingerprint density at radius 3 is 2.45 bits per heavy atom.